The molecule has 3 nitrogen and oxygen atoms in total. The number of carbonyl (C=O) groups is 1. The summed E-state index contributed by atoms with van der Waals surface area (Å²) in [6, 6.07) is 0.109. The maximum Gasteiger partial charge on any atom is 0.234 e. The number of amides is 1. The summed E-state index contributed by atoms with van der Waals surface area (Å²) in [4.78, 5) is 11.3. The smallest absolute Gasteiger partial charge is 0.234 e. The van der Waals surface area contributed by atoms with Crippen LogP contribution in [0.3, 0.4) is 0 Å². The summed E-state index contributed by atoms with van der Waals surface area (Å²) >= 11 is 0. The number of nitrogens with one attached hydrogen (secondary N) is 1. The third-order valence-corrected chi connectivity index (χ3v) is 2.83. The van der Waals surface area contributed by atoms with E-state index in [1.807, 2.05) is 13.8 Å². The average molecular weight is 228 g/mol. The van der Waals surface area contributed by atoms with Crippen molar-refractivity contribution in [1.82, 2.24) is 5.32 Å². The highest BCUT2D eigenvalue weighted by Gasteiger charge is 2.22. The van der Waals surface area contributed by atoms with Gasteiger partial charge in [0.25, 0.3) is 0 Å². The summed E-state index contributed by atoms with van der Waals surface area (Å²) in [5, 5.41) is 3.24. The predicted molar refractivity (Wildman–Crippen MR) is 69.1 cm³/mol. The number of hydrogen-bond acceptors (Lipinski definition) is 2. The van der Waals surface area contributed by atoms with E-state index in [0.717, 1.165) is 12.3 Å². The Morgan fingerprint density at radius 2 is 1.69 bits per heavy atom. The molecule has 0 saturated carbocycles. The molecule has 0 aromatic carbocycles. The Morgan fingerprint density at radius 1 is 1.12 bits per heavy atom. The Labute approximate surface area is 100 Å². The number of rotatable bonds is 8. The van der Waals surface area contributed by atoms with Crippen LogP contribution < -0.4 is 11.1 Å². The van der Waals surface area contributed by atoms with E-state index in [9.17, 15) is 4.79 Å². The van der Waals surface area contributed by atoms with Crippen molar-refractivity contribution in [2.45, 2.75) is 66.0 Å². The first-order chi connectivity index (χ1) is 7.34. The molecular formula is C13H28N2O. The van der Waals surface area contributed by atoms with Crippen molar-refractivity contribution in [1.29, 1.82) is 0 Å². The van der Waals surface area contributed by atoms with Gasteiger partial charge in [0.15, 0.2) is 0 Å². The number of nitrogens with two attached hydrogens (primary N) is 1. The molecule has 0 aliphatic carbocycles. The second kappa shape index (κ2) is 7.66. The lowest BCUT2D eigenvalue weighted by molar-refractivity contribution is -0.121. The van der Waals surface area contributed by atoms with Crippen LogP contribution >= 0.6 is 0 Å². The van der Waals surface area contributed by atoms with E-state index in [2.05, 4.69) is 26.1 Å². The average Bonchev–Trinajstić information content (AvgIpc) is 2.12. The third kappa shape index (κ3) is 6.83. The van der Waals surface area contributed by atoms with Gasteiger partial charge in [-0.25, -0.2) is 0 Å². The predicted octanol–water partition coefficient (Wildman–Crippen LogP) is 2.30. The van der Waals surface area contributed by atoms with Crippen LogP contribution in [0.15, 0.2) is 0 Å². The lowest BCUT2D eigenvalue weighted by Gasteiger charge is -2.24. The topological polar surface area (TPSA) is 55.1 Å². The third-order valence-electron chi connectivity index (χ3n) is 2.83. The lowest BCUT2D eigenvalue weighted by atomic mass is 9.93. The molecule has 96 valence electrons. The highest BCUT2D eigenvalue weighted by atomic mass is 16.1. The van der Waals surface area contributed by atoms with Gasteiger partial charge in [-0.15, -0.1) is 0 Å². The zero-order valence-corrected chi connectivity index (χ0v) is 11.4. The van der Waals surface area contributed by atoms with Crippen LogP contribution in [0, 0.1) is 11.8 Å². The van der Waals surface area contributed by atoms with Gasteiger partial charge in [-0.2, -0.15) is 0 Å². The molecule has 0 aromatic rings. The van der Waals surface area contributed by atoms with E-state index in [1.165, 1.54) is 12.8 Å². The van der Waals surface area contributed by atoms with E-state index in [1.54, 1.807) is 0 Å². The van der Waals surface area contributed by atoms with Crippen LogP contribution in [0.25, 0.3) is 0 Å². The monoisotopic (exact) mass is 228 g/mol. The van der Waals surface area contributed by atoms with Crippen molar-refractivity contribution >= 4 is 5.91 Å². The molecule has 0 radical (unpaired) electrons. The molecule has 1 amide bonds. The summed E-state index contributed by atoms with van der Waals surface area (Å²) in [5.41, 5.74) is 5.42. The molecule has 16 heavy (non-hydrogen) atoms. The number of primary amides is 1. The van der Waals surface area contributed by atoms with Gasteiger partial charge in [-0.1, -0.05) is 47.5 Å². The minimum atomic E-state index is -0.231. The zero-order valence-electron chi connectivity index (χ0n) is 11.4. The minimum absolute atomic E-state index is 0.188. The molecule has 0 spiro atoms. The van der Waals surface area contributed by atoms with E-state index >= 15 is 0 Å². The molecule has 0 aliphatic heterocycles. The second-order valence-corrected chi connectivity index (χ2v) is 5.50. The van der Waals surface area contributed by atoms with Crippen molar-refractivity contribution in [2.75, 3.05) is 0 Å². The largest absolute Gasteiger partial charge is 0.368 e. The van der Waals surface area contributed by atoms with Crippen molar-refractivity contribution in [3.8, 4) is 0 Å². The molecule has 3 N–H and O–H groups in total. The van der Waals surface area contributed by atoms with Crippen LogP contribution in [0.1, 0.15) is 53.9 Å². The maximum atomic E-state index is 11.3. The van der Waals surface area contributed by atoms with Crippen molar-refractivity contribution in [3.63, 3.8) is 0 Å². The van der Waals surface area contributed by atoms with E-state index < -0.39 is 0 Å². The van der Waals surface area contributed by atoms with Crippen molar-refractivity contribution < 1.29 is 4.79 Å². The Bertz CT molecular complexity index is 202. The first-order valence-corrected chi connectivity index (χ1v) is 6.40. The molecular weight excluding hydrogens is 200 g/mol. The Morgan fingerprint density at radius 3 is 2.06 bits per heavy atom. The van der Waals surface area contributed by atoms with Gasteiger partial charge in [0.2, 0.25) is 5.91 Å². The van der Waals surface area contributed by atoms with Crippen LogP contribution in [-0.2, 0) is 4.79 Å². The van der Waals surface area contributed by atoms with Crippen molar-refractivity contribution in [3.05, 3.63) is 0 Å². The van der Waals surface area contributed by atoms with Crippen molar-refractivity contribution in [2.24, 2.45) is 17.6 Å². The normalized spacial score (nSPS) is 15.4. The van der Waals surface area contributed by atoms with E-state index in [4.69, 9.17) is 5.73 Å². The Kier molecular flexibility index (Phi) is 7.39. The molecule has 0 aliphatic rings. The fourth-order valence-corrected chi connectivity index (χ4v) is 1.90. The van der Waals surface area contributed by atoms with Gasteiger partial charge >= 0.3 is 0 Å². The molecule has 0 fully saturated rings. The summed E-state index contributed by atoms with van der Waals surface area (Å²) in [5.74, 6) is 0.821. The van der Waals surface area contributed by atoms with Gasteiger partial charge in [0.1, 0.15) is 0 Å². The first kappa shape index (κ1) is 15.4. The second-order valence-electron chi connectivity index (χ2n) is 5.50. The summed E-state index contributed by atoms with van der Waals surface area (Å²) in [6.07, 6.45) is 3.45. The minimum Gasteiger partial charge on any atom is -0.368 e. The summed E-state index contributed by atoms with van der Waals surface area (Å²) in [6.45, 7) is 10.6. The first-order valence-electron chi connectivity index (χ1n) is 6.40. The molecule has 0 saturated heterocycles. The van der Waals surface area contributed by atoms with Gasteiger partial charge in [0.05, 0.1) is 6.04 Å². The fraction of sp³-hybridized carbons (Fsp3) is 0.923. The van der Waals surface area contributed by atoms with Gasteiger partial charge in [-0.3, -0.25) is 4.79 Å². The van der Waals surface area contributed by atoms with E-state index in [0.29, 0.717) is 12.0 Å². The standard InChI is InChI=1S/C13H28N2O/c1-9(2)7-6-8-11(5)12(13(14)16)15-10(3)4/h9-12,15H,6-8H2,1-5H3,(H2,14,16). The van der Waals surface area contributed by atoms with Gasteiger partial charge in [-0.05, 0) is 18.3 Å². The van der Waals surface area contributed by atoms with Crippen LogP contribution in [0.2, 0.25) is 0 Å². The highest BCUT2D eigenvalue weighted by Crippen LogP contribution is 2.15. The molecule has 0 bridgehead atoms. The fourth-order valence-electron chi connectivity index (χ4n) is 1.90. The Hall–Kier alpha value is -0.570. The van der Waals surface area contributed by atoms with Crippen LogP contribution in [0.4, 0.5) is 0 Å². The summed E-state index contributed by atoms with van der Waals surface area (Å²) < 4.78 is 0. The quantitative estimate of drug-likeness (QED) is 0.670. The SMILES string of the molecule is CC(C)CCCC(C)C(NC(C)C)C(N)=O. The molecule has 0 rings (SSSR count). The molecule has 2 unspecified atom stereocenters. The molecule has 3 heteroatoms. The molecule has 0 aromatic heterocycles. The van der Waals surface area contributed by atoms with E-state index in [-0.39, 0.29) is 11.9 Å². The van der Waals surface area contributed by atoms with Crippen LogP contribution in [-0.4, -0.2) is 18.0 Å². The van der Waals surface area contributed by atoms with Gasteiger partial charge < -0.3 is 11.1 Å². The summed E-state index contributed by atoms with van der Waals surface area (Å²) in [7, 11) is 0. The molecule has 0 heterocycles. The Balaban J connectivity index is 4.07. The lowest BCUT2D eigenvalue weighted by Crippen LogP contribution is -2.48. The zero-order chi connectivity index (χ0) is 12.7. The van der Waals surface area contributed by atoms with Gasteiger partial charge in [0, 0.05) is 6.04 Å². The number of carbonyl (C=O) groups excluding carboxylic acids is 1. The number of hydrogen-bond donors (Lipinski definition) is 2. The molecule has 2 atom stereocenters. The van der Waals surface area contributed by atoms with Crippen LogP contribution in [0.5, 0.6) is 0 Å². The highest BCUT2D eigenvalue weighted by molar-refractivity contribution is 5.80. The maximum absolute atomic E-state index is 11.3.